The number of carbonyl (C=O) groups is 3. The first-order valence-electron chi connectivity index (χ1n) is 12.5. The molecule has 0 fully saturated rings. The summed E-state index contributed by atoms with van der Waals surface area (Å²) in [5.41, 5.74) is 5.62. The van der Waals surface area contributed by atoms with Gasteiger partial charge in [-0.25, -0.2) is 0 Å². The van der Waals surface area contributed by atoms with Crippen molar-refractivity contribution in [1.29, 1.82) is 0 Å². The Bertz CT molecular complexity index is 1310. The largest absolute Gasteiger partial charge is 0.481 e. The first kappa shape index (κ1) is 25.6. The summed E-state index contributed by atoms with van der Waals surface area (Å²) >= 11 is 13.2. The van der Waals surface area contributed by atoms with Gasteiger partial charge in [-0.1, -0.05) is 41.4 Å². The van der Waals surface area contributed by atoms with Crippen LogP contribution in [0.15, 0.2) is 58.9 Å². The van der Waals surface area contributed by atoms with Gasteiger partial charge < -0.3 is 15.0 Å². The Morgan fingerprint density at radius 2 is 1.54 bits per heavy atom. The number of benzene rings is 2. The van der Waals surface area contributed by atoms with Gasteiger partial charge in [-0.3, -0.25) is 14.4 Å². The molecule has 37 heavy (non-hydrogen) atoms. The topological polar surface area (TPSA) is 75.7 Å². The lowest BCUT2D eigenvalue weighted by Crippen LogP contribution is -2.37. The molecule has 6 nitrogen and oxygen atoms in total. The summed E-state index contributed by atoms with van der Waals surface area (Å²) in [7, 11) is 1.96. The smallest absolute Gasteiger partial charge is 0.262 e. The van der Waals surface area contributed by atoms with Crippen molar-refractivity contribution in [3.8, 4) is 5.75 Å². The molecule has 0 saturated heterocycles. The van der Waals surface area contributed by atoms with Gasteiger partial charge in [-0.2, -0.15) is 0 Å². The number of rotatable bonds is 5. The van der Waals surface area contributed by atoms with Crippen LogP contribution in [0.2, 0.25) is 10.0 Å². The maximum atomic E-state index is 13.2. The monoisotopic (exact) mass is 538 g/mol. The van der Waals surface area contributed by atoms with Crippen LogP contribution in [0.3, 0.4) is 0 Å². The number of hydrogen-bond donors (Lipinski definition) is 1. The number of nitrogens with one attached hydrogen (secondary N) is 1. The number of aryl methyl sites for hydroxylation is 1. The van der Waals surface area contributed by atoms with Crippen molar-refractivity contribution in [2.45, 2.75) is 51.4 Å². The number of allylic oxidation sites excluding steroid dienone is 4. The molecule has 2 aromatic rings. The lowest BCUT2D eigenvalue weighted by molar-refractivity contribution is -0.118. The van der Waals surface area contributed by atoms with Gasteiger partial charge in [0, 0.05) is 54.0 Å². The fourth-order valence-corrected chi connectivity index (χ4v) is 6.22. The van der Waals surface area contributed by atoms with Crippen molar-refractivity contribution in [3.05, 3.63) is 80.1 Å². The Kier molecular flexibility index (Phi) is 7.15. The number of amides is 1. The number of ketones is 2. The standard InChI is InChI=1S/C29H28Cl2N2O4/c1-16-7-3-4-8-20(16)32-25(36)15-37-29-18(30)13-17(14-19(29)31)26-27-21(9-5-11-23(27)34)33(2)22-10-6-12-24(35)28(22)26/h3-4,7-8,13-14,26H,5-6,9-12,15H2,1-2H3,(H,32,36). The summed E-state index contributed by atoms with van der Waals surface area (Å²) in [6, 6.07) is 10.9. The SMILES string of the molecule is Cc1ccccc1NC(=O)COc1c(Cl)cc(C2C3=C(CCCC3=O)N(C)C3=C2C(=O)CCC3)cc1Cl. The third kappa shape index (κ3) is 4.80. The Balaban J connectivity index is 1.45. The fraction of sp³-hybridized carbons (Fsp3) is 0.345. The maximum absolute atomic E-state index is 13.2. The third-order valence-electron chi connectivity index (χ3n) is 7.37. The van der Waals surface area contributed by atoms with Crippen molar-refractivity contribution in [2.75, 3.05) is 19.0 Å². The number of carbonyl (C=O) groups excluding carboxylic acids is 3. The van der Waals surface area contributed by atoms with Crippen LogP contribution in [-0.2, 0) is 14.4 Å². The summed E-state index contributed by atoms with van der Waals surface area (Å²) < 4.78 is 5.71. The number of halogens is 2. The fourth-order valence-electron chi connectivity index (χ4n) is 5.61. The molecule has 3 aliphatic rings. The molecule has 0 saturated carbocycles. The van der Waals surface area contributed by atoms with Gasteiger partial charge in [0.1, 0.15) is 0 Å². The molecule has 0 spiro atoms. The van der Waals surface area contributed by atoms with Gasteiger partial charge in [0.2, 0.25) is 0 Å². The van der Waals surface area contributed by atoms with E-state index in [1.807, 2.05) is 38.2 Å². The average molecular weight is 539 g/mol. The zero-order valence-corrected chi connectivity index (χ0v) is 22.3. The highest BCUT2D eigenvalue weighted by Crippen LogP contribution is 2.50. The van der Waals surface area contributed by atoms with Crippen molar-refractivity contribution in [3.63, 3.8) is 0 Å². The molecular formula is C29H28Cl2N2O4. The number of anilines is 1. The molecular weight excluding hydrogens is 511 g/mol. The number of nitrogens with zero attached hydrogens (tertiary/aromatic N) is 1. The van der Waals surface area contributed by atoms with E-state index in [0.29, 0.717) is 35.2 Å². The van der Waals surface area contributed by atoms with E-state index < -0.39 is 5.92 Å². The second-order valence-electron chi connectivity index (χ2n) is 9.73. The minimum atomic E-state index is -0.504. The van der Waals surface area contributed by atoms with Gasteiger partial charge in [0.25, 0.3) is 5.91 Å². The Hall–Kier alpha value is -3.09. The van der Waals surface area contributed by atoms with E-state index in [-0.39, 0.29) is 39.9 Å². The predicted molar refractivity (Wildman–Crippen MR) is 144 cm³/mol. The summed E-state index contributed by atoms with van der Waals surface area (Å²) in [4.78, 5) is 40.9. The van der Waals surface area contributed by atoms with E-state index in [1.165, 1.54) is 0 Å². The van der Waals surface area contributed by atoms with Gasteiger partial charge in [-0.05, 0) is 61.9 Å². The quantitative estimate of drug-likeness (QED) is 0.479. The highest BCUT2D eigenvalue weighted by atomic mass is 35.5. The maximum Gasteiger partial charge on any atom is 0.262 e. The minimum Gasteiger partial charge on any atom is -0.481 e. The Morgan fingerprint density at radius 3 is 2.11 bits per heavy atom. The zero-order valence-electron chi connectivity index (χ0n) is 20.8. The first-order valence-corrected chi connectivity index (χ1v) is 13.2. The van der Waals surface area contributed by atoms with Crippen LogP contribution >= 0.6 is 23.2 Å². The van der Waals surface area contributed by atoms with Gasteiger partial charge in [-0.15, -0.1) is 0 Å². The van der Waals surface area contributed by atoms with Crippen LogP contribution < -0.4 is 10.1 Å². The molecule has 0 aromatic heterocycles. The molecule has 0 unspecified atom stereocenters. The van der Waals surface area contributed by atoms with E-state index in [0.717, 1.165) is 42.6 Å². The zero-order chi connectivity index (χ0) is 26.3. The minimum absolute atomic E-state index is 0.0588. The van der Waals surface area contributed by atoms with Crippen molar-refractivity contribution >= 4 is 46.4 Å². The summed E-state index contributed by atoms with van der Waals surface area (Å²) in [6.07, 6.45) is 4.08. The average Bonchev–Trinajstić information content (AvgIpc) is 2.86. The number of Topliss-reactive ketones (excluding diaryl/α,β-unsaturated/α-hetero) is 2. The summed E-state index contributed by atoms with van der Waals surface area (Å²) in [5.74, 6) is -0.540. The van der Waals surface area contributed by atoms with Crippen LogP contribution in [-0.4, -0.2) is 36.0 Å². The molecule has 8 heteroatoms. The predicted octanol–water partition coefficient (Wildman–Crippen LogP) is 6.36. The van der Waals surface area contributed by atoms with E-state index in [4.69, 9.17) is 27.9 Å². The van der Waals surface area contributed by atoms with E-state index in [2.05, 4.69) is 10.2 Å². The van der Waals surface area contributed by atoms with E-state index in [1.54, 1.807) is 12.1 Å². The van der Waals surface area contributed by atoms with Gasteiger partial charge in [0.15, 0.2) is 23.9 Å². The molecule has 0 atom stereocenters. The Labute approximate surface area is 226 Å². The lowest BCUT2D eigenvalue weighted by atomic mass is 9.71. The molecule has 0 bridgehead atoms. The van der Waals surface area contributed by atoms with Crippen LogP contribution in [0.5, 0.6) is 5.75 Å². The molecule has 5 rings (SSSR count). The highest BCUT2D eigenvalue weighted by Gasteiger charge is 2.42. The number of ether oxygens (including phenoxy) is 1. The number of para-hydroxylation sites is 1. The highest BCUT2D eigenvalue weighted by molar-refractivity contribution is 6.37. The molecule has 2 aliphatic carbocycles. The second kappa shape index (κ2) is 10.3. The van der Waals surface area contributed by atoms with Crippen LogP contribution in [0.1, 0.15) is 55.6 Å². The van der Waals surface area contributed by atoms with Crippen LogP contribution in [0, 0.1) is 6.92 Å². The van der Waals surface area contributed by atoms with Gasteiger partial charge >= 0.3 is 0 Å². The summed E-state index contributed by atoms with van der Waals surface area (Å²) in [6.45, 7) is 1.63. The second-order valence-corrected chi connectivity index (χ2v) is 10.5. The van der Waals surface area contributed by atoms with Crippen LogP contribution in [0.4, 0.5) is 5.69 Å². The number of hydrogen-bond acceptors (Lipinski definition) is 5. The molecule has 1 aliphatic heterocycles. The molecule has 0 radical (unpaired) electrons. The third-order valence-corrected chi connectivity index (χ3v) is 7.93. The molecule has 192 valence electrons. The lowest BCUT2D eigenvalue weighted by Gasteiger charge is -2.42. The van der Waals surface area contributed by atoms with Crippen molar-refractivity contribution in [1.82, 2.24) is 4.90 Å². The molecule has 2 aromatic carbocycles. The van der Waals surface area contributed by atoms with E-state index in [9.17, 15) is 14.4 Å². The van der Waals surface area contributed by atoms with Crippen molar-refractivity contribution < 1.29 is 19.1 Å². The summed E-state index contributed by atoms with van der Waals surface area (Å²) in [5, 5.41) is 3.26. The Morgan fingerprint density at radius 1 is 0.973 bits per heavy atom. The molecule has 1 amide bonds. The van der Waals surface area contributed by atoms with Gasteiger partial charge in [0.05, 0.1) is 10.0 Å². The molecule has 1 heterocycles. The van der Waals surface area contributed by atoms with Crippen LogP contribution in [0.25, 0.3) is 0 Å². The van der Waals surface area contributed by atoms with Crippen molar-refractivity contribution in [2.24, 2.45) is 0 Å². The normalized spacial score (nSPS) is 18.1. The molecule has 1 N–H and O–H groups in total. The van der Waals surface area contributed by atoms with E-state index >= 15 is 0 Å². The first-order chi connectivity index (χ1) is 17.8.